The van der Waals surface area contributed by atoms with Crippen molar-refractivity contribution in [1.29, 1.82) is 0 Å². The number of carbonyl (C=O) groups is 1. The summed E-state index contributed by atoms with van der Waals surface area (Å²) in [5.74, 6) is -0.0592. The first-order valence-corrected chi connectivity index (χ1v) is 7.23. The summed E-state index contributed by atoms with van der Waals surface area (Å²) in [6.45, 7) is 0. The number of nitrogens with two attached hydrogens (primary N) is 1. The summed E-state index contributed by atoms with van der Waals surface area (Å²) in [5.41, 5.74) is 6.02. The van der Waals surface area contributed by atoms with Crippen molar-refractivity contribution in [2.24, 2.45) is 11.7 Å². The molecule has 0 radical (unpaired) electrons. The van der Waals surface area contributed by atoms with Crippen molar-refractivity contribution >= 4 is 5.97 Å². The molecule has 0 spiro atoms. The van der Waals surface area contributed by atoms with E-state index in [2.05, 4.69) is 0 Å². The molecule has 17 heavy (non-hydrogen) atoms. The molecule has 0 bridgehead atoms. The van der Waals surface area contributed by atoms with E-state index in [4.69, 9.17) is 10.5 Å². The van der Waals surface area contributed by atoms with Gasteiger partial charge < -0.3 is 10.5 Å². The normalized spacial score (nSPS) is 31.8. The molecule has 0 aliphatic heterocycles. The Hall–Kier alpha value is -0.570. The van der Waals surface area contributed by atoms with E-state index in [0.29, 0.717) is 0 Å². The van der Waals surface area contributed by atoms with E-state index < -0.39 is 0 Å². The highest BCUT2D eigenvalue weighted by Crippen LogP contribution is 2.26. The molecule has 2 atom stereocenters. The highest BCUT2D eigenvalue weighted by Gasteiger charge is 2.31. The fourth-order valence-electron chi connectivity index (χ4n) is 3.06. The van der Waals surface area contributed by atoms with Crippen LogP contribution in [-0.4, -0.2) is 18.1 Å². The monoisotopic (exact) mass is 239 g/mol. The average molecular weight is 239 g/mol. The lowest BCUT2D eigenvalue weighted by molar-refractivity contribution is -0.156. The van der Waals surface area contributed by atoms with Crippen LogP contribution in [-0.2, 0) is 9.53 Å². The van der Waals surface area contributed by atoms with Gasteiger partial charge in [-0.15, -0.1) is 0 Å². The lowest BCUT2D eigenvalue weighted by atomic mass is 9.85. The second-order valence-corrected chi connectivity index (χ2v) is 5.61. The molecule has 3 heteroatoms. The Morgan fingerprint density at radius 2 is 1.47 bits per heavy atom. The molecular weight excluding hydrogens is 214 g/mol. The molecule has 0 amide bonds. The molecule has 2 aliphatic rings. The van der Waals surface area contributed by atoms with Gasteiger partial charge in [0.15, 0.2) is 0 Å². The van der Waals surface area contributed by atoms with Gasteiger partial charge in [-0.3, -0.25) is 4.79 Å². The molecular formula is C14H25NO2. The Balaban J connectivity index is 1.82. The molecule has 2 aliphatic carbocycles. The van der Waals surface area contributed by atoms with E-state index >= 15 is 0 Å². The van der Waals surface area contributed by atoms with Crippen molar-refractivity contribution in [3.63, 3.8) is 0 Å². The van der Waals surface area contributed by atoms with E-state index in [1.807, 2.05) is 0 Å². The first-order valence-electron chi connectivity index (χ1n) is 7.23. The molecule has 0 aromatic heterocycles. The highest BCUT2D eigenvalue weighted by atomic mass is 16.5. The summed E-state index contributed by atoms with van der Waals surface area (Å²) in [5, 5.41) is 0. The van der Waals surface area contributed by atoms with Gasteiger partial charge in [0, 0.05) is 6.04 Å². The minimum Gasteiger partial charge on any atom is -0.462 e. The summed E-state index contributed by atoms with van der Waals surface area (Å²) in [6.07, 6.45) is 11.4. The van der Waals surface area contributed by atoms with Crippen LogP contribution >= 0.6 is 0 Å². The minimum absolute atomic E-state index is 0.0240. The van der Waals surface area contributed by atoms with E-state index in [-0.39, 0.29) is 24.0 Å². The molecule has 0 aromatic carbocycles. The second-order valence-electron chi connectivity index (χ2n) is 5.61. The topological polar surface area (TPSA) is 52.3 Å². The van der Waals surface area contributed by atoms with Crippen LogP contribution in [0.15, 0.2) is 0 Å². The largest absolute Gasteiger partial charge is 0.462 e. The molecule has 98 valence electrons. The van der Waals surface area contributed by atoms with Crippen LogP contribution in [0.25, 0.3) is 0 Å². The molecule has 0 heterocycles. The Kier molecular flexibility index (Phi) is 4.84. The summed E-state index contributed by atoms with van der Waals surface area (Å²) >= 11 is 0. The Morgan fingerprint density at radius 3 is 2.12 bits per heavy atom. The fraction of sp³-hybridized carbons (Fsp3) is 0.929. The summed E-state index contributed by atoms with van der Waals surface area (Å²) in [4.78, 5) is 12.1. The van der Waals surface area contributed by atoms with E-state index in [1.165, 1.54) is 25.7 Å². The van der Waals surface area contributed by atoms with Crippen LogP contribution in [0.1, 0.15) is 64.2 Å². The van der Waals surface area contributed by atoms with E-state index in [1.54, 1.807) is 0 Å². The average Bonchev–Trinajstić information content (AvgIpc) is 2.58. The maximum absolute atomic E-state index is 12.1. The summed E-state index contributed by atoms with van der Waals surface area (Å²) < 4.78 is 5.66. The van der Waals surface area contributed by atoms with Gasteiger partial charge in [-0.25, -0.2) is 0 Å². The molecule has 2 N–H and O–H groups in total. The van der Waals surface area contributed by atoms with Crippen LogP contribution < -0.4 is 5.73 Å². The third kappa shape index (κ3) is 3.70. The van der Waals surface area contributed by atoms with Gasteiger partial charge in [-0.2, -0.15) is 0 Å². The standard InChI is InChI=1S/C14H25NO2/c15-13-10-6-5-9-12(13)14(16)17-11-7-3-1-2-4-8-11/h11-13H,1-10,15H2. The predicted molar refractivity (Wildman–Crippen MR) is 67.5 cm³/mol. The number of carbonyl (C=O) groups excluding carboxylic acids is 1. The maximum atomic E-state index is 12.1. The Bertz CT molecular complexity index is 247. The summed E-state index contributed by atoms with van der Waals surface area (Å²) in [7, 11) is 0. The summed E-state index contributed by atoms with van der Waals surface area (Å²) in [6, 6.07) is 0.0297. The van der Waals surface area contributed by atoms with Crippen molar-refractivity contribution in [3.05, 3.63) is 0 Å². The van der Waals surface area contributed by atoms with Crippen molar-refractivity contribution in [2.75, 3.05) is 0 Å². The Morgan fingerprint density at radius 1 is 0.882 bits per heavy atom. The highest BCUT2D eigenvalue weighted by molar-refractivity contribution is 5.73. The first kappa shape index (κ1) is 12.9. The zero-order valence-corrected chi connectivity index (χ0v) is 10.7. The van der Waals surface area contributed by atoms with E-state index in [0.717, 1.165) is 38.5 Å². The van der Waals surface area contributed by atoms with Crippen molar-refractivity contribution in [3.8, 4) is 0 Å². The Labute approximate surface area is 104 Å². The number of rotatable bonds is 2. The van der Waals surface area contributed by atoms with Crippen LogP contribution in [0.3, 0.4) is 0 Å². The molecule has 2 saturated carbocycles. The van der Waals surface area contributed by atoms with Crippen molar-refractivity contribution in [2.45, 2.75) is 76.4 Å². The lowest BCUT2D eigenvalue weighted by Crippen LogP contribution is -2.40. The second kappa shape index (κ2) is 6.39. The molecule has 2 unspecified atom stereocenters. The minimum atomic E-state index is -0.0352. The molecule has 3 nitrogen and oxygen atoms in total. The lowest BCUT2D eigenvalue weighted by Gasteiger charge is -2.28. The number of esters is 1. The van der Waals surface area contributed by atoms with Gasteiger partial charge in [0.25, 0.3) is 0 Å². The van der Waals surface area contributed by atoms with Gasteiger partial charge in [0.05, 0.1) is 5.92 Å². The van der Waals surface area contributed by atoms with E-state index in [9.17, 15) is 4.79 Å². The molecule has 0 aromatic rings. The maximum Gasteiger partial charge on any atom is 0.310 e. The van der Waals surface area contributed by atoms with Crippen molar-refractivity contribution in [1.82, 2.24) is 0 Å². The van der Waals surface area contributed by atoms with Crippen LogP contribution in [0.5, 0.6) is 0 Å². The SMILES string of the molecule is NC1CCCCC1C(=O)OC1CCCCCC1. The van der Waals surface area contributed by atoms with Gasteiger partial charge in [-0.05, 0) is 38.5 Å². The van der Waals surface area contributed by atoms with Crippen LogP contribution in [0.2, 0.25) is 0 Å². The number of hydrogen-bond donors (Lipinski definition) is 1. The fourth-order valence-corrected chi connectivity index (χ4v) is 3.06. The quantitative estimate of drug-likeness (QED) is 0.595. The smallest absolute Gasteiger partial charge is 0.310 e. The van der Waals surface area contributed by atoms with Gasteiger partial charge >= 0.3 is 5.97 Å². The van der Waals surface area contributed by atoms with Gasteiger partial charge in [0.1, 0.15) is 6.10 Å². The number of ether oxygens (including phenoxy) is 1. The third-order valence-corrected chi connectivity index (χ3v) is 4.21. The van der Waals surface area contributed by atoms with Gasteiger partial charge in [0.2, 0.25) is 0 Å². The van der Waals surface area contributed by atoms with Crippen molar-refractivity contribution < 1.29 is 9.53 Å². The van der Waals surface area contributed by atoms with Crippen LogP contribution in [0, 0.1) is 5.92 Å². The number of hydrogen-bond acceptors (Lipinski definition) is 3. The van der Waals surface area contributed by atoms with Crippen LogP contribution in [0.4, 0.5) is 0 Å². The third-order valence-electron chi connectivity index (χ3n) is 4.21. The molecule has 2 rings (SSSR count). The first-order chi connectivity index (χ1) is 8.27. The predicted octanol–water partition coefficient (Wildman–Crippen LogP) is 2.77. The van der Waals surface area contributed by atoms with Gasteiger partial charge in [-0.1, -0.05) is 25.7 Å². The zero-order valence-electron chi connectivity index (χ0n) is 10.7. The zero-order chi connectivity index (χ0) is 12.1. The molecule has 0 saturated heterocycles. The molecule has 2 fully saturated rings.